The normalized spacial score (nSPS) is 15.0. The molecule has 0 bridgehead atoms. The van der Waals surface area contributed by atoms with Gasteiger partial charge in [0, 0.05) is 35.9 Å². The van der Waals surface area contributed by atoms with Gasteiger partial charge in [0.05, 0.1) is 13.7 Å². The molecule has 0 spiro atoms. The molecule has 4 rings (SSSR count). The monoisotopic (exact) mass is 419 g/mol. The largest absolute Gasteiger partial charge is 0.496 e. The SMILES string of the molecule is COc1ccccc1-c1ccnc2[nH]c(C3=CCN(CC(=O)OC(C)(C)C)CC3)cc12. The Kier molecular flexibility index (Phi) is 5.83. The van der Waals surface area contributed by atoms with E-state index in [0.717, 1.165) is 53.1 Å². The Morgan fingerprint density at radius 3 is 2.71 bits per heavy atom. The lowest BCUT2D eigenvalue weighted by atomic mass is 10.0. The van der Waals surface area contributed by atoms with Crippen molar-refractivity contribution in [3.8, 4) is 16.9 Å². The number of nitrogens with one attached hydrogen (secondary N) is 1. The van der Waals surface area contributed by atoms with Crippen molar-refractivity contribution in [1.82, 2.24) is 14.9 Å². The van der Waals surface area contributed by atoms with Gasteiger partial charge in [-0.15, -0.1) is 0 Å². The summed E-state index contributed by atoms with van der Waals surface area (Å²) in [7, 11) is 1.69. The van der Waals surface area contributed by atoms with E-state index in [4.69, 9.17) is 9.47 Å². The molecule has 0 fully saturated rings. The fraction of sp³-hybridized carbons (Fsp3) is 0.360. The van der Waals surface area contributed by atoms with Crippen LogP contribution in [0.1, 0.15) is 32.9 Å². The van der Waals surface area contributed by atoms with Gasteiger partial charge in [-0.05, 0) is 56.5 Å². The van der Waals surface area contributed by atoms with E-state index in [1.807, 2.05) is 51.2 Å². The highest BCUT2D eigenvalue weighted by Crippen LogP contribution is 2.35. The van der Waals surface area contributed by atoms with E-state index in [0.29, 0.717) is 6.54 Å². The first-order chi connectivity index (χ1) is 14.8. The van der Waals surface area contributed by atoms with Crippen molar-refractivity contribution in [3.05, 3.63) is 54.4 Å². The number of H-pyrrole nitrogens is 1. The van der Waals surface area contributed by atoms with Crippen LogP contribution >= 0.6 is 0 Å². The summed E-state index contributed by atoms with van der Waals surface area (Å²) in [6.07, 6.45) is 4.86. The first-order valence-corrected chi connectivity index (χ1v) is 10.6. The Morgan fingerprint density at radius 1 is 1.19 bits per heavy atom. The molecule has 6 heteroatoms. The van der Waals surface area contributed by atoms with Crippen LogP contribution in [0, 0.1) is 0 Å². The van der Waals surface area contributed by atoms with E-state index in [-0.39, 0.29) is 5.97 Å². The van der Waals surface area contributed by atoms with Gasteiger partial charge in [0.2, 0.25) is 0 Å². The molecule has 0 amide bonds. The average molecular weight is 420 g/mol. The highest BCUT2D eigenvalue weighted by molar-refractivity contribution is 5.96. The van der Waals surface area contributed by atoms with E-state index < -0.39 is 5.60 Å². The van der Waals surface area contributed by atoms with Crippen LogP contribution < -0.4 is 4.74 Å². The van der Waals surface area contributed by atoms with E-state index in [2.05, 4.69) is 33.1 Å². The van der Waals surface area contributed by atoms with Crippen molar-refractivity contribution < 1.29 is 14.3 Å². The van der Waals surface area contributed by atoms with Crippen molar-refractivity contribution in [2.45, 2.75) is 32.8 Å². The molecule has 1 aliphatic rings. The van der Waals surface area contributed by atoms with Crippen molar-refractivity contribution in [2.24, 2.45) is 0 Å². The zero-order valence-electron chi connectivity index (χ0n) is 18.6. The van der Waals surface area contributed by atoms with E-state index in [9.17, 15) is 4.79 Å². The highest BCUT2D eigenvalue weighted by atomic mass is 16.6. The second-order valence-corrected chi connectivity index (χ2v) is 8.81. The van der Waals surface area contributed by atoms with Crippen molar-refractivity contribution in [3.63, 3.8) is 0 Å². The molecule has 3 aromatic rings. The van der Waals surface area contributed by atoms with E-state index >= 15 is 0 Å². The second kappa shape index (κ2) is 8.55. The summed E-state index contributed by atoms with van der Waals surface area (Å²) in [5, 5.41) is 1.07. The molecule has 0 unspecified atom stereocenters. The lowest BCUT2D eigenvalue weighted by Gasteiger charge is -2.27. The van der Waals surface area contributed by atoms with Crippen LogP contribution in [0.3, 0.4) is 0 Å². The summed E-state index contributed by atoms with van der Waals surface area (Å²) in [6.45, 7) is 7.52. The number of ether oxygens (including phenoxy) is 2. The number of carbonyl (C=O) groups is 1. The third-order valence-corrected chi connectivity index (χ3v) is 5.34. The lowest BCUT2D eigenvalue weighted by Crippen LogP contribution is -2.37. The number of fused-ring (bicyclic) bond motifs is 1. The van der Waals surface area contributed by atoms with Gasteiger partial charge in [0.1, 0.15) is 17.0 Å². The molecule has 3 heterocycles. The molecule has 0 saturated carbocycles. The third kappa shape index (κ3) is 4.80. The van der Waals surface area contributed by atoms with Crippen LogP contribution in [0.25, 0.3) is 27.7 Å². The summed E-state index contributed by atoms with van der Waals surface area (Å²) < 4.78 is 11.0. The predicted octanol–water partition coefficient (Wildman–Crippen LogP) is 4.67. The van der Waals surface area contributed by atoms with Crippen LogP contribution in [0.5, 0.6) is 5.75 Å². The zero-order valence-corrected chi connectivity index (χ0v) is 18.6. The van der Waals surface area contributed by atoms with Crippen LogP contribution in [0.2, 0.25) is 0 Å². The molecular weight excluding hydrogens is 390 g/mol. The number of methoxy groups -OCH3 is 1. The molecule has 1 N–H and O–H groups in total. The zero-order chi connectivity index (χ0) is 22.0. The van der Waals surface area contributed by atoms with Gasteiger partial charge in [-0.3, -0.25) is 9.69 Å². The fourth-order valence-corrected chi connectivity index (χ4v) is 3.96. The van der Waals surface area contributed by atoms with Crippen molar-refractivity contribution >= 4 is 22.6 Å². The number of hydrogen-bond donors (Lipinski definition) is 1. The standard InChI is InChI=1S/C25H29N3O3/c1-25(2,3)31-23(29)16-28-13-10-17(11-14-28)21-15-20-18(9-12-26-24(20)27-21)19-7-5-6-8-22(19)30-4/h5-10,12,15H,11,13-14,16H2,1-4H3,(H,26,27). The summed E-state index contributed by atoms with van der Waals surface area (Å²) in [4.78, 5) is 22.2. The lowest BCUT2D eigenvalue weighted by molar-refractivity contribution is -0.156. The molecule has 2 aromatic heterocycles. The van der Waals surface area contributed by atoms with E-state index in [1.165, 1.54) is 5.57 Å². The predicted molar refractivity (Wildman–Crippen MR) is 123 cm³/mol. The molecule has 1 aliphatic heterocycles. The Bertz CT molecular complexity index is 1120. The Labute approximate surface area is 182 Å². The molecule has 162 valence electrons. The molecule has 0 radical (unpaired) electrons. The Hall–Kier alpha value is -3.12. The minimum Gasteiger partial charge on any atom is -0.496 e. The number of hydrogen-bond acceptors (Lipinski definition) is 5. The van der Waals surface area contributed by atoms with Crippen LogP contribution in [-0.2, 0) is 9.53 Å². The molecule has 0 atom stereocenters. The van der Waals surface area contributed by atoms with Gasteiger partial charge in [-0.25, -0.2) is 4.98 Å². The summed E-state index contributed by atoms with van der Waals surface area (Å²) in [5.41, 5.74) is 4.85. The average Bonchev–Trinajstić information content (AvgIpc) is 3.17. The van der Waals surface area contributed by atoms with Gasteiger partial charge in [-0.1, -0.05) is 24.3 Å². The number of carbonyl (C=O) groups excluding carboxylic acids is 1. The Morgan fingerprint density at radius 2 is 2.00 bits per heavy atom. The fourth-order valence-electron chi connectivity index (χ4n) is 3.96. The number of benzene rings is 1. The number of nitrogens with zero attached hydrogens (tertiary/aromatic N) is 2. The highest BCUT2D eigenvalue weighted by Gasteiger charge is 2.21. The first kappa shape index (κ1) is 21.1. The molecule has 31 heavy (non-hydrogen) atoms. The number of aromatic nitrogens is 2. The number of esters is 1. The molecule has 0 saturated heterocycles. The van der Waals surface area contributed by atoms with Gasteiger partial charge in [-0.2, -0.15) is 0 Å². The van der Waals surface area contributed by atoms with Crippen molar-refractivity contribution in [1.29, 1.82) is 0 Å². The Balaban J connectivity index is 1.55. The topological polar surface area (TPSA) is 67.5 Å². The van der Waals surface area contributed by atoms with Crippen LogP contribution in [0.4, 0.5) is 0 Å². The summed E-state index contributed by atoms with van der Waals surface area (Å²) >= 11 is 0. The van der Waals surface area contributed by atoms with Crippen molar-refractivity contribution in [2.75, 3.05) is 26.7 Å². The summed E-state index contributed by atoms with van der Waals surface area (Å²) in [6, 6.07) is 12.2. The maximum Gasteiger partial charge on any atom is 0.320 e. The molecule has 0 aliphatic carbocycles. The smallest absolute Gasteiger partial charge is 0.320 e. The minimum absolute atomic E-state index is 0.180. The minimum atomic E-state index is -0.454. The van der Waals surface area contributed by atoms with Crippen LogP contribution in [-0.4, -0.2) is 53.2 Å². The molecule has 6 nitrogen and oxygen atoms in total. The van der Waals surface area contributed by atoms with Gasteiger partial charge in [0.25, 0.3) is 0 Å². The van der Waals surface area contributed by atoms with Gasteiger partial charge >= 0.3 is 5.97 Å². The third-order valence-electron chi connectivity index (χ3n) is 5.34. The number of para-hydroxylation sites is 1. The molecule has 1 aromatic carbocycles. The van der Waals surface area contributed by atoms with Gasteiger partial charge in [0.15, 0.2) is 0 Å². The second-order valence-electron chi connectivity index (χ2n) is 8.81. The maximum absolute atomic E-state index is 12.1. The summed E-state index contributed by atoms with van der Waals surface area (Å²) in [5.74, 6) is 0.660. The molecular formula is C25H29N3O3. The van der Waals surface area contributed by atoms with E-state index in [1.54, 1.807) is 7.11 Å². The van der Waals surface area contributed by atoms with Gasteiger partial charge < -0.3 is 14.5 Å². The van der Waals surface area contributed by atoms with Crippen LogP contribution in [0.15, 0.2) is 48.7 Å². The number of pyridine rings is 1. The number of aromatic amines is 1. The first-order valence-electron chi connectivity index (χ1n) is 10.6. The maximum atomic E-state index is 12.1. The quantitative estimate of drug-likeness (QED) is 0.609. The number of rotatable bonds is 5.